The van der Waals surface area contributed by atoms with Gasteiger partial charge < -0.3 is 20.5 Å². The first-order valence-corrected chi connectivity index (χ1v) is 7.07. The highest BCUT2D eigenvalue weighted by molar-refractivity contribution is 5.89. The Kier molecular flexibility index (Phi) is 4.76. The summed E-state index contributed by atoms with van der Waals surface area (Å²) in [5, 5.41) is 13.6. The number of alkyl halides is 3. The lowest BCUT2D eigenvalue weighted by Crippen LogP contribution is -2.72. The highest BCUT2D eigenvalue weighted by Gasteiger charge is 2.65. The Labute approximate surface area is 140 Å². The van der Waals surface area contributed by atoms with Crippen molar-refractivity contribution in [3.05, 3.63) is 35.4 Å². The molecule has 1 aliphatic heterocycles. The van der Waals surface area contributed by atoms with Gasteiger partial charge >= 0.3 is 18.2 Å². The Bertz CT molecular complexity index is 704. The quantitative estimate of drug-likeness (QED) is 0.705. The summed E-state index contributed by atoms with van der Waals surface area (Å²) in [4.78, 5) is 34.9. The summed E-state index contributed by atoms with van der Waals surface area (Å²) < 4.78 is 44.4. The summed E-state index contributed by atoms with van der Waals surface area (Å²) in [6, 6.07) is 2.38. The number of esters is 1. The second-order valence-electron chi connectivity index (χ2n) is 5.54. The molecule has 1 aromatic rings. The normalized spacial score (nSPS) is 26.4. The third kappa shape index (κ3) is 3.29. The van der Waals surface area contributed by atoms with E-state index >= 15 is 0 Å². The second kappa shape index (κ2) is 6.36. The van der Waals surface area contributed by atoms with Crippen molar-refractivity contribution in [1.29, 1.82) is 0 Å². The fourth-order valence-electron chi connectivity index (χ4n) is 2.75. The molecular weight excluding hydrogens is 345 g/mol. The highest BCUT2D eigenvalue weighted by Crippen LogP contribution is 2.42. The number of amides is 2. The number of hydrogen-bond acceptors (Lipinski definition) is 5. The molecule has 2 amide bonds. The van der Waals surface area contributed by atoms with Gasteiger partial charge in [-0.3, -0.25) is 4.79 Å². The van der Waals surface area contributed by atoms with Crippen LogP contribution < -0.4 is 10.6 Å². The smallest absolute Gasteiger partial charge is 0.437 e. The van der Waals surface area contributed by atoms with E-state index in [1.54, 1.807) is 0 Å². The van der Waals surface area contributed by atoms with E-state index in [4.69, 9.17) is 0 Å². The molecule has 0 unspecified atom stereocenters. The number of ketones is 1. The van der Waals surface area contributed by atoms with E-state index in [1.807, 2.05) is 0 Å². The number of hydrogen-bond donors (Lipinski definition) is 3. The van der Waals surface area contributed by atoms with Crippen molar-refractivity contribution in [2.45, 2.75) is 24.9 Å². The largest absolute Gasteiger partial charge is 0.465 e. The maximum absolute atomic E-state index is 13.3. The number of methoxy groups -OCH3 is 1. The van der Waals surface area contributed by atoms with Crippen molar-refractivity contribution in [3.63, 3.8) is 0 Å². The number of rotatable bonds is 3. The first-order valence-electron chi connectivity index (χ1n) is 7.07. The Hall–Kier alpha value is -2.62. The molecule has 25 heavy (non-hydrogen) atoms. The van der Waals surface area contributed by atoms with Crippen molar-refractivity contribution in [2.75, 3.05) is 7.11 Å². The average Bonchev–Trinajstić information content (AvgIpc) is 2.52. The lowest BCUT2D eigenvalue weighted by Gasteiger charge is -2.44. The van der Waals surface area contributed by atoms with Crippen LogP contribution >= 0.6 is 0 Å². The number of urea groups is 1. The number of aliphatic hydroxyl groups is 1. The predicted octanol–water partition coefficient (Wildman–Crippen LogP) is 1.28. The van der Waals surface area contributed by atoms with Crippen LogP contribution in [0.5, 0.6) is 0 Å². The zero-order valence-corrected chi connectivity index (χ0v) is 13.2. The molecule has 1 saturated heterocycles. The zero-order valence-electron chi connectivity index (χ0n) is 13.2. The lowest BCUT2D eigenvalue weighted by atomic mass is 9.79. The van der Waals surface area contributed by atoms with Gasteiger partial charge in [-0.05, 0) is 24.6 Å². The SMILES string of the molecule is COC(=O)c1ccc([C@H]2NC(=O)N[C@](O)(C(F)(F)F)[C@H]2C(C)=O)cc1. The number of benzene rings is 1. The van der Waals surface area contributed by atoms with E-state index in [2.05, 4.69) is 10.1 Å². The van der Waals surface area contributed by atoms with Gasteiger partial charge in [0, 0.05) is 0 Å². The molecule has 0 aromatic heterocycles. The second-order valence-corrected chi connectivity index (χ2v) is 5.54. The molecular formula is C15H15F3N2O5. The summed E-state index contributed by atoms with van der Waals surface area (Å²) in [5.41, 5.74) is -3.46. The van der Waals surface area contributed by atoms with Crippen LogP contribution in [0.15, 0.2) is 24.3 Å². The van der Waals surface area contributed by atoms with Crippen LogP contribution in [-0.2, 0) is 9.53 Å². The van der Waals surface area contributed by atoms with Gasteiger partial charge in [0.05, 0.1) is 24.6 Å². The molecule has 0 spiro atoms. The molecule has 0 saturated carbocycles. The Morgan fingerprint density at radius 2 is 1.80 bits per heavy atom. The summed E-state index contributed by atoms with van der Waals surface area (Å²) in [6.07, 6.45) is -5.27. The standard InChI is InChI=1S/C15H15F3N2O5/c1-7(21)10-11(8-3-5-9(6-4-8)12(22)25-2)19-13(23)20-14(10,24)15(16,17)18/h3-6,10-11,24H,1-2H3,(H2,19,20,23)/t10-,11+,14+/m0/s1. The van der Waals surface area contributed by atoms with Crippen LogP contribution in [0, 0.1) is 5.92 Å². The van der Waals surface area contributed by atoms with Crippen LogP contribution in [0.25, 0.3) is 0 Å². The van der Waals surface area contributed by atoms with E-state index < -0.39 is 41.6 Å². The highest BCUT2D eigenvalue weighted by atomic mass is 19.4. The van der Waals surface area contributed by atoms with Crippen LogP contribution in [-0.4, -0.2) is 41.9 Å². The summed E-state index contributed by atoms with van der Waals surface area (Å²) in [5.74, 6) is -3.65. The minimum atomic E-state index is -5.27. The van der Waals surface area contributed by atoms with E-state index in [1.165, 1.54) is 36.7 Å². The fourth-order valence-corrected chi connectivity index (χ4v) is 2.75. The number of ether oxygens (including phenoxy) is 1. The van der Waals surface area contributed by atoms with Crippen LogP contribution in [0.3, 0.4) is 0 Å². The fraction of sp³-hybridized carbons (Fsp3) is 0.400. The maximum atomic E-state index is 13.3. The number of Topliss-reactive ketones (excluding diaryl/α,β-unsaturated/α-hetero) is 1. The van der Waals surface area contributed by atoms with Gasteiger partial charge in [0.1, 0.15) is 5.78 Å². The molecule has 3 atom stereocenters. The molecule has 136 valence electrons. The van der Waals surface area contributed by atoms with Gasteiger partial charge in [-0.15, -0.1) is 0 Å². The van der Waals surface area contributed by atoms with Gasteiger partial charge in [-0.25, -0.2) is 9.59 Å². The molecule has 1 aromatic carbocycles. The first kappa shape index (κ1) is 18.7. The van der Waals surface area contributed by atoms with E-state index in [9.17, 15) is 32.7 Å². The van der Waals surface area contributed by atoms with Crippen LogP contribution in [0.4, 0.5) is 18.0 Å². The summed E-state index contributed by atoms with van der Waals surface area (Å²) >= 11 is 0. The third-order valence-electron chi connectivity index (χ3n) is 3.94. The molecule has 1 fully saturated rings. The Morgan fingerprint density at radius 1 is 1.24 bits per heavy atom. The molecule has 1 heterocycles. The van der Waals surface area contributed by atoms with Gasteiger partial charge in [0.25, 0.3) is 0 Å². The minimum absolute atomic E-state index is 0.116. The van der Waals surface area contributed by atoms with Crippen molar-refractivity contribution < 1.29 is 37.4 Å². The van der Waals surface area contributed by atoms with E-state index in [-0.39, 0.29) is 11.1 Å². The van der Waals surface area contributed by atoms with Gasteiger partial charge in [-0.1, -0.05) is 12.1 Å². The van der Waals surface area contributed by atoms with E-state index in [0.717, 1.165) is 6.92 Å². The molecule has 7 nitrogen and oxygen atoms in total. The predicted molar refractivity (Wildman–Crippen MR) is 77.4 cm³/mol. The molecule has 0 radical (unpaired) electrons. The number of carbonyl (C=O) groups excluding carboxylic acids is 3. The number of carbonyl (C=O) groups is 3. The van der Waals surface area contributed by atoms with Crippen molar-refractivity contribution in [3.8, 4) is 0 Å². The molecule has 0 bridgehead atoms. The number of halogens is 3. The minimum Gasteiger partial charge on any atom is -0.465 e. The van der Waals surface area contributed by atoms with Gasteiger partial charge in [0.15, 0.2) is 0 Å². The van der Waals surface area contributed by atoms with E-state index in [0.29, 0.717) is 0 Å². The average molecular weight is 360 g/mol. The lowest BCUT2D eigenvalue weighted by molar-refractivity contribution is -0.290. The third-order valence-corrected chi connectivity index (χ3v) is 3.94. The van der Waals surface area contributed by atoms with Crippen LogP contribution in [0.1, 0.15) is 28.9 Å². The first-order chi connectivity index (χ1) is 11.5. The Balaban J connectivity index is 2.48. The van der Waals surface area contributed by atoms with Gasteiger partial charge in [-0.2, -0.15) is 13.2 Å². The summed E-state index contributed by atoms with van der Waals surface area (Å²) in [7, 11) is 1.17. The molecule has 3 N–H and O–H groups in total. The monoisotopic (exact) mass is 360 g/mol. The summed E-state index contributed by atoms with van der Waals surface area (Å²) in [6.45, 7) is 0.885. The van der Waals surface area contributed by atoms with Gasteiger partial charge in [0.2, 0.25) is 5.72 Å². The molecule has 1 aliphatic rings. The molecule has 10 heteroatoms. The van der Waals surface area contributed by atoms with Crippen molar-refractivity contribution >= 4 is 17.8 Å². The van der Waals surface area contributed by atoms with Crippen molar-refractivity contribution in [1.82, 2.24) is 10.6 Å². The topological polar surface area (TPSA) is 105 Å². The zero-order chi connectivity index (χ0) is 19.0. The van der Waals surface area contributed by atoms with Crippen LogP contribution in [0.2, 0.25) is 0 Å². The van der Waals surface area contributed by atoms with Crippen molar-refractivity contribution in [2.24, 2.45) is 5.92 Å². The number of nitrogens with one attached hydrogen (secondary N) is 2. The molecule has 2 rings (SSSR count). The molecule has 0 aliphatic carbocycles. The Morgan fingerprint density at radius 3 is 2.24 bits per heavy atom. The maximum Gasteiger partial charge on any atom is 0.437 e.